The van der Waals surface area contributed by atoms with Crippen molar-refractivity contribution < 1.29 is 31.5 Å². The zero-order valence-electron chi connectivity index (χ0n) is 15.8. The Balaban J connectivity index is 0.000000646. The Hall–Kier alpha value is -2.22. The molecule has 1 saturated heterocycles. The van der Waals surface area contributed by atoms with E-state index in [-0.39, 0.29) is 12.2 Å². The van der Waals surface area contributed by atoms with Crippen molar-refractivity contribution >= 4 is 18.6 Å². The number of rotatable bonds is 5. The van der Waals surface area contributed by atoms with Crippen LogP contribution in [0, 0.1) is 5.39 Å². The van der Waals surface area contributed by atoms with Crippen molar-refractivity contribution in [1.29, 1.82) is 5.39 Å². The number of anilines is 1. The summed E-state index contributed by atoms with van der Waals surface area (Å²) in [6.45, 7) is 10.8. The van der Waals surface area contributed by atoms with Crippen LogP contribution in [0.15, 0.2) is 12.1 Å². The van der Waals surface area contributed by atoms with Crippen LogP contribution in [0.5, 0.6) is 11.5 Å². The summed E-state index contributed by atoms with van der Waals surface area (Å²) in [4.78, 5) is 5.53. The van der Waals surface area contributed by atoms with Gasteiger partial charge in [0.25, 0.3) is 0 Å². The van der Waals surface area contributed by atoms with Gasteiger partial charge in [-0.05, 0) is 27.7 Å². The lowest BCUT2D eigenvalue weighted by Crippen LogP contribution is -2.36. The number of hydrogen-bond acceptors (Lipinski definition) is 5. The summed E-state index contributed by atoms with van der Waals surface area (Å²) >= 11 is 0. The minimum Gasteiger partial charge on any atom is -0.489 e. The van der Waals surface area contributed by atoms with Gasteiger partial charge in [-0.3, -0.25) is 0 Å². The third-order valence-corrected chi connectivity index (χ3v) is 3.23. The molecule has 1 aliphatic heterocycles. The van der Waals surface area contributed by atoms with Crippen molar-refractivity contribution in [3.8, 4) is 11.5 Å². The van der Waals surface area contributed by atoms with Gasteiger partial charge in [-0.1, -0.05) is 0 Å². The molecule has 6 nitrogen and oxygen atoms in total. The van der Waals surface area contributed by atoms with Crippen LogP contribution in [0.4, 0.5) is 28.6 Å². The zero-order valence-corrected chi connectivity index (χ0v) is 15.8. The quantitative estimate of drug-likeness (QED) is 0.405. The van der Waals surface area contributed by atoms with Gasteiger partial charge in [0, 0.05) is 19.2 Å². The van der Waals surface area contributed by atoms with Crippen molar-refractivity contribution in [2.75, 3.05) is 31.2 Å². The number of morpholine rings is 1. The van der Waals surface area contributed by atoms with E-state index >= 15 is 0 Å². The normalized spacial score (nSPS) is 14.5. The molecule has 0 bridgehead atoms. The van der Waals surface area contributed by atoms with E-state index in [0.717, 1.165) is 18.8 Å². The largest absolute Gasteiger partial charge is 0.673 e. The van der Waals surface area contributed by atoms with Gasteiger partial charge in [-0.15, -0.1) is 0 Å². The van der Waals surface area contributed by atoms with Crippen LogP contribution in [0.25, 0.3) is 4.98 Å². The molecular formula is C16H24BF4N3O3. The number of benzene rings is 1. The molecule has 1 heterocycles. The van der Waals surface area contributed by atoms with Crippen LogP contribution in [0.3, 0.4) is 0 Å². The van der Waals surface area contributed by atoms with Crippen molar-refractivity contribution in [2.24, 2.45) is 0 Å². The molecule has 0 spiro atoms. The summed E-state index contributed by atoms with van der Waals surface area (Å²) in [5.74, 6) is 1.25. The Bertz CT molecular complexity index is 639. The molecule has 11 heteroatoms. The van der Waals surface area contributed by atoms with Gasteiger partial charge < -0.3 is 36.4 Å². The summed E-state index contributed by atoms with van der Waals surface area (Å²) < 4.78 is 56.1. The lowest BCUT2D eigenvalue weighted by atomic mass is 10.2. The van der Waals surface area contributed by atoms with Crippen LogP contribution in [-0.4, -0.2) is 45.8 Å². The van der Waals surface area contributed by atoms with E-state index in [9.17, 15) is 22.7 Å². The van der Waals surface area contributed by atoms with Gasteiger partial charge in [-0.2, -0.15) is 0 Å². The minimum atomic E-state index is -6.00. The first-order chi connectivity index (χ1) is 12.5. The first-order valence-corrected chi connectivity index (χ1v) is 8.57. The Morgan fingerprint density at radius 1 is 1.00 bits per heavy atom. The molecule has 27 heavy (non-hydrogen) atoms. The zero-order chi connectivity index (χ0) is 20.6. The van der Waals surface area contributed by atoms with Gasteiger partial charge in [0.1, 0.15) is 0 Å². The molecule has 1 aromatic carbocycles. The minimum absolute atomic E-state index is 0.00472. The van der Waals surface area contributed by atoms with Crippen molar-refractivity contribution in [2.45, 2.75) is 39.9 Å². The van der Waals surface area contributed by atoms with E-state index in [2.05, 4.69) is 9.88 Å². The van der Waals surface area contributed by atoms with E-state index < -0.39 is 7.25 Å². The molecule has 152 valence electrons. The summed E-state index contributed by atoms with van der Waals surface area (Å²) in [5.41, 5.74) is 1.32. The standard InChI is InChI=1S/C16H24N3O3.BF4/c1-11(2)21-15-10-14(19-5-7-20-8-6-19)16(22-12(3)4)9-13(15)18-17;2-1(3,4)5/h9-12H,5-8H2,1-4H3;/q+1;-1. The van der Waals surface area contributed by atoms with Gasteiger partial charge in [0.2, 0.25) is 11.1 Å². The van der Waals surface area contributed by atoms with Crippen LogP contribution in [-0.2, 0) is 4.74 Å². The molecule has 1 aliphatic rings. The summed E-state index contributed by atoms with van der Waals surface area (Å²) in [6, 6.07) is 3.61. The second-order valence-electron chi connectivity index (χ2n) is 6.32. The first-order valence-electron chi connectivity index (χ1n) is 8.57. The van der Waals surface area contributed by atoms with Crippen LogP contribution < -0.4 is 14.4 Å². The predicted octanol–water partition coefficient (Wildman–Crippen LogP) is 4.88. The maximum atomic E-state index is 9.75. The van der Waals surface area contributed by atoms with Gasteiger partial charge in [-0.25, -0.2) is 0 Å². The third-order valence-electron chi connectivity index (χ3n) is 3.23. The SMILES string of the molecule is CC(C)Oc1cc(N2CCOCC2)c(OC(C)C)cc1[N+]#N.F[B-](F)(F)F. The van der Waals surface area contributed by atoms with Crippen LogP contribution in [0.1, 0.15) is 27.7 Å². The number of nitrogens with zero attached hydrogens (tertiary/aromatic N) is 3. The molecule has 0 N–H and O–H groups in total. The van der Waals surface area contributed by atoms with Crippen molar-refractivity contribution in [3.05, 3.63) is 17.1 Å². The summed E-state index contributed by atoms with van der Waals surface area (Å²) in [6.07, 6.45) is 0.0260. The molecule has 1 aromatic rings. The maximum Gasteiger partial charge on any atom is 0.673 e. The van der Waals surface area contributed by atoms with Crippen LogP contribution >= 0.6 is 0 Å². The Labute approximate surface area is 156 Å². The monoisotopic (exact) mass is 393 g/mol. The molecule has 0 saturated carbocycles. The smallest absolute Gasteiger partial charge is 0.489 e. The second-order valence-corrected chi connectivity index (χ2v) is 6.32. The Morgan fingerprint density at radius 2 is 1.48 bits per heavy atom. The average Bonchev–Trinajstić information content (AvgIpc) is 2.54. The van der Waals surface area contributed by atoms with E-state index in [0.29, 0.717) is 30.4 Å². The summed E-state index contributed by atoms with van der Waals surface area (Å²) in [5, 5.41) is 9.25. The first kappa shape index (κ1) is 22.8. The fourth-order valence-corrected chi connectivity index (χ4v) is 2.36. The van der Waals surface area contributed by atoms with E-state index in [1.807, 2.05) is 33.8 Å². The Morgan fingerprint density at radius 3 is 1.93 bits per heavy atom. The number of halogens is 4. The highest BCUT2D eigenvalue weighted by Gasteiger charge is 2.26. The second kappa shape index (κ2) is 10.2. The van der Waals surface area contributed by atoms with Gasteiger partial charge in [0.15, 0.2) is 10.7 Å². The van der Waals surface area contributed by atoms with E-state index in [1.165, 1.54) is 0 Å². The maximum absolute atomic E-state index is 9.75. The fourth-order valence-electron chi connectivity index (χ4n) is 2.36. The molecule has 2 rings (SSSR count). The molecule has 0 unspecified atom stereocenters. The van der Waals surface area contributed by atoms with Crippen molar-refractivity contribution in [1.82, 2.24) is 0 Å². The van der Waals surface area contributed by atoms with Crippen molar-refractivity contribution in [3.63, 3.8) is 0 Å². The number of hydrogen-bond donors (Lipinski definition) is 0. The predicted molar refractivity (Wildman–Crippen MR) is 95.9 cm³/mol. The lowest BCUT2D eigenvalue weighted by Gasteiger charge is -2.30. The molecule has 1 fully saturated rings. The average molecular weight is 393 g/mol. The molecular weight excluding hydrogens is 369 g/mol. The van der Waals surface area contributed by atoms with Gasteiger partial charge in [0.05, 0.1) is 37.2 Å². The van der Waals surface area contributed by atoms with E-state index in [4.69, 9.17) is 14.2 Å². The molecule has 0 amide bonds. The fraction of sp³-hybridized carbons (Fsp3) is 0.625. The van der Waals surface area contributed by atoms with E-state index in [1.54, 1.807) is 6.07 Å². The molecule has 0 aliphatic carbocycles. The number of ether oxygens (including phenoxy) is 3. The highest BCUT2D eigenvalue weighted by atomic mass is 19.5. The highest BCUT2D eigenvalue weighted by molar-refractivity contribution is 6.50. The lowest BCUT2D eigenvalue weighted by molar-refractivity contribution is 0.122. The third kappa shape index (κ3) is 8.81. The van der Waals surface area contributed by atoms with Crippen LogP contribution in [0.2, 0.25) is 0 Å². The highest BCUT2D eigenvalue weighted by Crippen LogP contribution is 2.41. The van der Waals surface area contributed by atoms with Gasteiger partial charge >= 0.3 is 12.9 Å². The topological polar surface area (TPSA) is 59.1 Å². The Kier molecular flexibility index (Phi) is 8.63. The molecule has 0 radical (unpaired) electrons. The molecule has 0 atom stereocenters. The summed E-state index contributed by atoms with van der Waals surface area (Å²) in [7, 11) is -6.00. The molecule has 0 aromatic heterocycles. The number of diazo groups is 1.